The van der Waals surface area contributed by atoms with Crippen LogP contribution in [-0.4, -0.2) is 12.5 Å². The highest BCUT2D eigenvalue weighted by Crippen LogP contribution is 2.19. The van der Waals surface area contributed by atoms with E-state index in [1.54, 1.807) is 18.2 Å². The lowest BCUT2D eigenvalue weighted by atomic mass is 10.2. The first-order chi connectivity index (χ1) is 6.63. The van der Waals surface area contributed by atoms with Crippen molar-refractivity contribution in [1.29, 1.82) is 0 Å². The fourth-order valence-electron chi connectivity index (χ4n) is 0.952. The molecule has 0 heterocycles. The van der Waals surface area contributed by atoms with Crippen molar-refractivity contribution in [1.82, 2.24) is 5.32 Å². The van der Waals surface area contributed by atoms with Crippen LogP contribution < -0.4 is 5.32 Å². The first-order valence-corrected chi connectivity index (χ1v) is 5.57. The number of rotatable bonds is 3. The van der Waals surface area contributed by atoms with Crippen molar-refractivity contribution in [3.8, 4) is 0 Å². The van der Waals surface area contributed by atoms with E-state index in [9.17, 15) is 4.79 Å². The zero-order valence-corrected chi connectivity index (χ0v) is 10.6. The zero-order chi connectivity index (χ0) is 10.6. The van der Waals surface area contributed by atoms with E-state index in [0.29, 0.717) is 12.1 Å². The molecule has 0 aliphatic heterocycles. The van der Waals surface area contributed by atoms with Gasteiger partial charge in [0.05, 0.1) is 0 Å². The van der Waals surface area contributed by atoms with E-state index in [0.717, 1.165) is 8.95 Å². The standard InChI is InChI=1S/C10H9Br2NO/c1-2-3-13-10(14)7-4-8(11)6-9(12)5-7/h2,4-6H,1,3H2,(H,13,14). The predicted octanol–water partition coefficient (Wildman–Crippen LogP) is 3.13. The van der Waals surface area contributed by atoms with Gasteiger partial charge in [0.25, 0.3) is 5.91 Å². The fourth-order valence-corrected chi connectivity index (χ4v) is 2.25. The molecule has 0 fully saturated rings. The molecular formula is C10H9Br2NO. The van der Waals surface area contributed by atoms with Crippen LogP contribution in [0.2, 0.25) is 0 Å². The molecule has 0 unspecified atom stereocenters. The minimum Gasteiger partial charge on any atom is -0.349 e. The second-order valence-electron chi connectivity index (χ2n) is 2.66. The van der Waals surface area contributed by atoms with Gasteiger partial charge < -0.3 is 5.32 Å². The highest BCUT2D eigenvalue weighted by atomic mass is 79.9. The minimum atomic E-state index is -0.105. The van der Waals surface area contributed by atoms with Crippen molar-refractivity contribution in [3.05, 3.63) is 45.4 Å². The molecule has 1 amide bonds. The summed E-state index contributed by atoms with van der Waals surface area (Å²) in [6, 6.07) is 5.41. The summed E-state index contributed by atoms with van der Waals surface area (Å²) >= 11 is 6.64. The third-order valence-corrected chi connectivity index (χ3v) is 2.45. The average Bonchev–Trinajstić information content (AvgIpc) is 2.12. The molecule has 1 aromatic carbocycles. The van der Waals surface area contributed by atoms with Crippen LogP contribution in [0, 0.1) is 0 Å². The molecule has 1 aromatic rings. The topological polar surface area (TPSA) is 29.1 Å². The Balaban J connectivity index is 2.84. The van der Waals surface area contributed by atoms with Gasteiger partial charge in [0.1, 0.15) is 0 Å². The number of hydrogen-bond acceptors (Lipinski definition) is 1. The molecule has 2 nitrogen and oxygen atoms in total. The van der Waals surface area contributed by atoms with Gasteiger partial charge in [-0.2, -0.15) is 0 Å². The quantitative estimate of drug-likeness (QED) is 0.852. The van der Waals surface area contributed by atoms with E-state index in [2.05, 4.69) is 43.8 Å². The molecule has 0 aliphatic carbocycles. The normalized spacial score (nSPS) is 9.57. The van der Waals surface area contributed by atoms with Gasteiger partial charge in [-0.15, -0.1) is 6.58 Å². The second kappa shape index (κ2) is 5.32. The van der Waals surface area contributed by atoms with Gasteiger partial charge in [-0.1, -0.05) is 37.9 Å². The number of carbonyl (C=O) groups excluding carboxylic acids is 1. The number of benzene rings is 1. The molecule has 0 bridgehead atoms. The molecule has 14 heavy (non-hydrogen) atoms. The predicted molar refractivity (Wildman–Crippen MR) is 64.4 cm³/mol. The number of halogens is 2. The highest BCUT2D eigenvalue weighted by Gasteiger charge is 2.05. The monoisotopic (exact) mass is 317 g/mol. The lowest BCUT2D eigenvalue weighted by molar-refractivity contribution is 0.0958. The Morgan fingerprint density at radius 3 is 2.43 bits per heavy atom. The largest absolute Gasteiger partial charge is 0.349 e. The van der Waals surface area contributed by atoms with Crippen LogP contribution in [0.3, 0.4) is 0 Å². The van der Waals surface area contributed by atoms with E-state index in [-0.39, 0.29) is 5.91 Å². The Hall–Kier alpha value is -0.610. The molecule has 1 rings (SSSR count). The molecule has 0 saturated carbocycles. The summed E-state index contributed by atoms with van der Waals surface area (Å²) in [5, 5.41) is 2.70. The fraction of sp³-hybridized carbons (Fsp3) is 0.100. The van der Waals surface area contributed by atoms with Crippen LogP contribution in [0.4, 0.5) is 0 Å². The highest BCUT2D eigenvalue weighted by molar-refractivity contribution is 9.11. The minimum absolute atomic E-state index is 0.105. The van der Waals surface area contributed by atoms with E-state index in [1.807, 2.05) is 6.07 Å². The van der Waals surface area contributed by atoms with Crippen LogP contribution in [0.5, 0.6) is 0 Å². The molecular weight excluding hydrogens is 310 g/mol. The summed E-state index contributed by atoms with van der Waals surface area (Å²) in [6.45, 7) is 4.00. The van der Waals surface area contributed by atoms with Gasteiger partial charge in [0, 0.05) is 21.1 Å². The molecule has 0 aromatic heterocycles. The Labute approximate surface area is 99.6 Å². The summed E-state index contributed by atoms with van der Waals surface area (Å²) in [5.74, 6) is -0.105. The number of hydrogen-bond donors (Lipinski definition) is 1. The SMILES string of the molecule is C=CCNC(=O)c1cc(Br)cc(Br)c1. The average molecular weight is 319 g/mol. The smallest absolute Gasteiger partial charge is 0.251 e. The maximum atomic E-state index is 11.5. The summed E-state index contributed by atoms with van der Waals surface area (Å²) in [4.78, 5) is 11.5. The summed E-state index contributed by atoms with van der Waals surface area (Å²) < 4.78 is 1.74. The maximum absolute atomic E-state index is 11.5. The first-order valence-electron chi connectivity index (χ1n) is 3.98. The van der Waals surface area contributed by atoms with Crippen molar-refractivity contribution >= 4 is 37.8 Å². The van der Waals surface area contributed by atoms with Crippen LogP contribution in [0.15, 0.2) is 39.8 Å². The van der Waals surface area contributed by atoms with Crippen LogP contribution in [0.1, 0.15) is 10.4 Å². The van der Waals surface area contributed by atoms with Crippen molar-refractivity contribution in [2.24, 2.45) is 0 Å². The molecule has 74 valence electrons. The third-order valence-electron chi connectivity index (χ3n) is 1.53. The second-order valence-corrected chi connectivity index (χ2v) is 4.49. The Morgan fingerprint density at radius 2 is 1.93 bits per heavy atom. The maximum Gasteiger partial charge on any atom is 0.251 e. The van der Waals surface area contributed by atoms with Crippen molar-refractivity contribution in [3.63, 3.8) is 0 Å². The van der Waals surface area contributed by atoms with Gasteiger partial charge in [0.15, 0.2) is 0 Å². The van der Waals surface area contributed by atoms with Gasteiger partial charge in [0.2, 0.25) is 0 Å². The van der Waals surface area contributed by atoms with Crippen LogP contribution >= 0.6 is 31.9 Å². The van der Waals surface area contributed by atoms with E-state index < -0.39 is 0 Å². The Kier molecular flexibility index (Phi) is 4.35. The van der Waals surface area contributed by atoms with Gasteiger partial charge in [-0.05, 0) is 18.2 Å². The molecule has 4 heteroatoms. The van der Waals surface area contributed by atoms with Gasteiger partial charge in [-0.3, -0.25) is 4.79 Å². The Morgan fingerprint density at radius 1 is 1.36 bits per heavy atom. The van der Waals surface area contributed by atoms with E-state index in [1.165, 1.54) is 0 Å². The van der Waals surface area contributed by atoms with Gasteiger partial charge in [-0.25, -0.2) is 0 Å². The first kappa shape index (κ1) is 11.5. The summed E-state index contributed by atoms with van der Waals surface area (Å²) in [7, 11) is 0. The summed E-state index contributed by atoms with van der Waals surface area (Å²) in [5.41, 5.74) is 0.619. The van der Waals surface area contributed by atoms with Crippen molar-refractivity contribution in [2.75, 3.05) is 6.54 Å². The van der Waals surface area contributed by atoms with Crippen LogP contribution in [-0.2, 0) is 0 Å². The lowest BCUT2D eigenvalue weighted by Gasteiger charge is -2.03. The molecule has 1 N–H and O–H groups in total. The van der Waals surface area contributed by atoms with Crippen molar-refractivity contribution < 1.29 is 4.79 Å². The van der Waals surface area contributed by atoms with Crippen LogP contribution in [0.25, 0.3) is 0 Å². The molecule has 0 atom stereocenters. The number of nitrogens with one attached hydrogen (secondary N) is 1. The zero-order valence-electron chi connectivity index (χ0n) is 7.39. The van der Waals surface area contributed by atoms with Crippen molar-refractivity contribution in [2.45, 2.75) is 0 Å². The number of amides is 1. The molecule has 0 radical (unpaired) electrons. The molecule has 0 saturated heterocycles. The summed E-state index contributed by atoms with van der Waals surface area (Å²) in [6.07, 6.45) is 1.64. The number of carbonyl (C=O) groups is 1. The lowest BCUT2D eigenvalue weighted by Crippen LogP contribution is -2.23. The van der Waals surface area contributed by atoms with E-state index in [4.69, 9.17) is 0 Å². The molecule has 0 aliphatic rings. The van der Waals surface area contributed by atoms with E-state index >= 15 is 0 Å². The Bertz CT molecular complexity index is 343. The van der Waals surface area contributed by atoms with Gasteiger partial charge >= 0.3 is 0 Å². The third kappa shape index (κ3) is 3.27. The molecule has 0 spiro atoms.